The summed E-state index contributed by atoms with van der Waals surface area (Å²) in [6, 6.07) is 10.7. The fourth-order valence-electron chi connectivity index (χ4n) is 4.30. The van der Waals surface area contributed by atoms with Crippen molar-refractivity contribution >= 4 is 23.1 Å². The van der Waals surface area contributed by atoms with Crippen LogP contribution in [0.3, 0.4) is 0 Å². The fraction of sp³-hybridized carbons (Fsp3) is 0.259. The number of ether oxygens (including phenoxy) is 2. The van der Waals surface area contributed by atoms with E-state index in [1.54, 1.807) is 11.0 Å². The van der Waals surface area contributed by atoms with Crippen LogP contribution in [0.2, 0.25) is 0 Å². The minimum Gasteiger partial charge on any atom is -0.454 e. The average molecular weight is 460 g/mol. The van der Waals surface area contributed by atoms with Gasteiger partial charge in [-0.2, -0.15) is 0 Å². The van der Waals surface area contributed by atoms with E-state index in [0.717, 1.165) is 16.8 Å². The predicted octanol–water partition coefficient (Wildman–Crippen LogP) is 4.78. The predicted molar refractivity (Wildman–Crippen MR) is 132 cm³/mol. The van der Waals surface area contributed by atoms with Crippen molar-refractivity contribution in [2.75, 3.05) is 19.2 Å². The van der Waals surface area contributed by atoms with Gasteiger partial charge in [-0.3, -0.25) is 14.5 Å². The van der Waals surface area contributed by atoms with Crippen LogP contribution in [0.25, 0.3) is 5.70 Å². The molecule has 0 saturated heterocycles. The first-order chi connectivity index (χ1) is 16.3. The molecule has 1 atom stereocenters. The Kier molecular flexibility index (Phi) is 6.45. The van der Waals surface area contributed by atoms with Crippen LogP contribution in [0, 0.1) is 0 Å². The van der Waals surface area contributed by atoms with Gasteiger partial charge in [0.2, 0.25) is 6.79 Å². The van der Waals surface area contributed by atoms with E-state index < -0.39 is 6.04 Å². The number of Topliss-reactive ketones (excluding diaryl/α,β-unsaturated/α-hetero) is 1. The molecule has 0 radical (unpaired) electrons. The molecule has 2 aliphatic rings. The summed E-state index contributed by atoms with van der Waals surface area (Å²) in [6.07, 6.45) is 2.91. The molecular formula is C27H29N3O4. The maximum Gasteiger partial charge on any atom is 0.259 e. The van der Waals surface area contributed by atoms with Gasteiger partial charge in [0.15, 0.2) is 17.3 Å². The fourth-order valence-corrected chi connectivity index (χ4v) is 4.30. The van der Waals surface area contributed by atoms with Crippen LogP contribution in [0.4, 0.5) is 5.69 Å². The van der Waals surface area contributed by atoms with Gasteiger partial charge in [0.05, 0.1) is 17.4 Å². The van der Waals surface area contributed by atoms with E-state index in [-0.39, 0.29) is 18.5 Å². The quantitative estimate of drug-likeness (QED) is 0.516. The van der Waals surface area contributed by atoms with E-state index in [4.69, 9.17) is 9.47 Å². The second-order valence-electron chi connectivity index (χ2n) is 8.45. The minimum absolute atomic E-state index is 0.0656. The summed E-state index contributed by atoms with van der Waals surface area (Å²) < 4.78 is 10.8. The van der Waals surface area contributed by atoms with E-state index in [1.165, 1.54) is 6.92 Å². The summed E-state index contributed by atoms with van der Waals surface area (Å²) in [6.45, 7) is 14.2. The second-order valence-corrected chi connectivity index (χ2v) is 8.45. The van der Waals surface area contributed by atoms with Crippen LogP contribution >= 0.6 is 0 Å². The van der Waals surface area contributed by atoms with E-state index in [1.807, 2.05) is 48.3 Å². The van der Waals surface area contributed by atoms with Gasteiger partial charge in [-0.25, -0.2) is 0 Å². The molecule has 2 aliphatic heterocycles. The molecule has 1 amide bonds. The van der Waals surface area contributed by atoms with E-state index >= 15 is 0 Å². The standard InChI is InChI=1S/C27H29N3O4/c1-6-7-11-23(18(3)31)30-17(2)22-10-8-9-20(26(22)27(30)32)15-29(5)19(4)28-21-12-13-24-25(14-21)34-16-33-24/h6,8-10,12-14,23,28H,1-2,4,7,11,15-16H2,3,5H3. The topological polar surface area (TPSA) is 71.1 Å². The Hall–Kier alpha value is -4.00. The number of anilines is 1. The summed E-state index contributed by atoms with van der Waals surface area (Å²) in [5.41, 5.74) is 3.57. The Balaban J connectivity index is 1.52. The SMILES string of the molecule is C=CCCC(C(C)=O)N1C(=C)c2cccc(CN(C)C(=C)Nc3ccc4c(c3)OCO4)c2C1=O. The van der Waals surface area contributed by atoms with Gasteiger partial charge in [0.1, 0.15) is 0 Å². The summed E-state index contributed by atoms with van der Waals surface area (Å²) in [5.74, 6) is 1.79. The van der Waals surface area contributed by atoms with Crippen molar-refractivity contribution in [1.82, 2.24) is 9.80 Å². The number of carbonyl (C=O) groups excluding carboxylic acids is 2. The number of fused-ring (bicyclic) bond motifs is 2. The van der Waals surface area contributed by atoms with Crippen molar-refractivity contribution in [3.8, 4) is 11.5 Å². The average Bonchev–Trinajstić information content (AvgIpc) is 3.37. The number of hydrogen-bond donors (Lipinski definition) is 1. The molecule has 176 valence electrons. The van der Waals surface area contributed by atoms with Gasteiger partial charge in [-0.1, -0.05) is 37.4 Å². The molecule has 34 heavy (non-hydrogen) atoms. The van der Waals surface area contributed by atoms with Crippen molar-refractivity contribution in [2.45, 2.75) is 32.4 Å². The normalized spacial score (nSPS) is 14.6. The lowest BCUT2D eigenvalue weighted by Gasteiger charge is -2.26. The minimum atomic E-state index is -0.557. The number of rotatable bonds is 10. The molecule has 0 aromatic heterocycles. The van der Waals surface area contributed by atoms with Gasteiger partial charge in [-0.15, -0.1) is 6.58 Å². The molecule has 2 aromatic rings. The maximum atomic E-state index is 13.5. The number of ketones is 1. The highest BCUT2D eigenvalue weighted by Crippen LogP contribution is 2.37. The Morgan fingerprint density at radius 1 is 1.26 bits per heavy atom. The van der Waals surface area contributed by atoms with Crippen LogP contribution in [0.15, 0.2) is 68.0 Å². The largest absolute Gasteiger partial charge is 0.454 e. The van der Waals surface area contributed by atoms with Crippen molar-refractivity contribution in [2.24, 2.45) is 0 Å². The molecule has 7 heteroatoms. The van der Waals surface area contributed by atoms with E-state index in [2.05, 4.69) is 25.1 Å². The Morgan fingerprint density at radius 2 is 2.03 bits per heavy atom. The maximum absolute atomic E-state index is 13.5. The molecule has 0 fully saturated rings. The molecule has 7 nitrogen and oxygen atoms in total. The van der Waals surface area contributed by atoms with E-state index in [9.17, 15) is 9.59 Å². The van der Waals surface area contributed by atoms with Gasteiger partial charge in [0, 0.05) is 36.6 Å². The summed E-state index contributed by atoms with van der Waals surface area (Å²) in [4.78, 5) is 29.3. The van der Waals surface area contributed by atoms with Gasteiger partial charge < -0.3 is 19.7 Å². The van der Waals surface area contributed by atoms with E-state index in [0.29, 0.717) is 48.0 Å². The summed E-state index contributed by atoms with van der Waals surface area (Å²) in [5, 5.41) is 3.27. The highest BCUT2D eigenvalue weighted by Gasteiger charge is 2.39. The number of hydrogen-bond acceptors (Lipinski definition) is 6. The van der Waals surface area contributed by atoms with Crippen LogP contribution in [0.1, 0.15) is 41.3 Å². The first-order valence-electron chi connectivity index (χ1n) is 11.1. The highest BCUT2D eigenvalue weighted by molar-refractivity contribution is 6.11. The van der Waals surface area contributed by atoms with Crippen molar-refractivity contribution in [3.63, 3.8) is 0 Å². The molecule has 4 rings (SSSR count). The van der Waals surface area contributed by atoms with Gasteiger partial charge in [-0.05, 0) is 37.5 Å². The third-order valence-corrected chi connectivity index (χ3v) is 6.14. The number of benzene rings is 2. The molecule has 0 saturated carbocycles. The third kappa shape index (κ3) is 4.29. The van der Waals surface area contributed by atoms with Crippen LogP contribution in [0.5, 0.6) is 11.5 Å². The first kappa shape index (κ1) is 23.2. The van der Waals surface area contributed by atoms with Crippen molar-refractivity contribution in [3.05, 3.63) is 84.7 Å². The molecule has 0 spiro atoms. The Labute approximate surface area is 200 Å². The zero-order valence-corrected chi connectivity index (χ0v) is 19.6. The number of carbonyl (C=O) groups is 2. The molecule has 1 unspecified atom stereocenters. The molecule has 0 bridgehead atoms. The number of nitrogens with one attached hydrogen (secondary N) is 1. The number of allylic oxidation sites excluding steroid dienone is 1. The van der Waals surface area contributed by atoms with Gasteiger partial charge in [0.25, 0.3) is 5.91 Å². The zero-order chi connectivity index (χ0) is 24.4. The van der Waals surface area contributed by atoms with Gasteiger partial charge >= 0.3 is 0 Å². The Morgan fingerprint density at radius 3 is 2.76 bits per heavy atom. The highest BCUT2D eigenvalue weighted by atomic mass is 16.7. The summed E-state index contributed by atoms with van der Waals surface area (Å²) in [7, 11) is 1.90. The summed E-state index contributed by atoms with van der Waals surface area (Å²) >= 11 is 0. The molecule has 2 aromatic carbocycles. The molecular weight excluding hydrogens is 430 g/mol. The van der Waals surface area contributed by atoms with Crippen LogP contribution in [-0.4, -0.2) is 41.4 Å². The van der Waals surface area contributed by atoms with Crippen molar-refractivity contribution < 1.29 is 19.1 Å². The smallest absolute Gasteiger partial charge is 0.259 e. The van der Waals surface area contributed by atoms with Crippen LogP contribution in [-0.2, 0) is 11.3 Å². The molecule has 2 heterocycles. The lowest BCUT2D eigenvalue weighted by atomic mass is 10.0. The van der Waals surface area contributed by atoms with Crippen molar-refractivity contribution in [1.29, 1.82) is 0 Å². The number of amides is 1. The van der Waals surface area contributed by atoms with Crippen LogP contribution < -0.4 is 14.8 Å². The monoisotopic (exact) mass is 459 g/mol. The lowest BCUT2D eigenvalue weighted by molar-refractivity contribution is -0.120. The lowest BCUT2D eigenvalue weighted by Crippen LogP contribution is -2.39. The number of nitrogens with zero attached hydrogens (tertiary/aromatic N) is 2. The Bertz CT molecular complexity index is 1190. The first-order valence-corrected chi connectivity index (χ1v) is 11.1. The zero-order valence-electron chi connectivity index (χ0n) is 19.6. The second kappa shape index (κ2) is 9.47. The molecule has 1 N–H and O–H groups in total. The third-order valence-electron chi connectivity index (χ3n) is 6.14. The molecule has 0 aliphatic carbocycles.